The number of ether oxygens (including phenoxy) is 1. The molecule has 1 aliphatic heterocycles. The molecule has 1 aliphatic rings. The average molecular weight is 246 g/mol. The minimum absolute atomic E-state index is 0.308. The molecular formula is C13H14N2O3. The molecule has 1 unspecified atom stereocenters. The van der Waals surface area contributed by atoms with Gasteiger partial charge in [-0.3, -0.25) is 4.79 Å². The first-order valence-electron chi connectivity index (χ1n) is 5.60. The van der Waals surface area contributed by atoms with Gasteiger partial charge in [0, 0.05) is 18.2 Å². The molecule has 94 valence electrons. The molecule has 0 bridgehead atoms. The topological polar surface area (TPSA) is 59.0 Å². The molecular weight excluding hydrogens is 232 g/mol. The van der Waals surface area contributed by atoms with Gasteiger partial charge in [0.05, 0.1) is 7.11 Å². The zero-order chi connectivity index (χ0) is 13.2. The summed E-state index contributed by atoms with van der Waals surface area (Å²) in [6, 6.07) is 8.73. The number of esters is 1. The zero-order valence-electron chi connectivity index (χ0n) is 10.3. The lowest BCUT2D eigenvalue weighted by Crippen LogP contribution is -2.50. The lowest BCUT2D eigenvalue weighted by Gasteiger charge is -2.29. The summed E-state index contributed by atoms with van der Waals surface area (Å²) in [6.07, 6.45) is 1.91. The van der Waals surface area contributed by atoms with Crippen molar-refractivity contribution >= 4 is 18.1 Å². The van der Waals surface area contributed by atoms with Crippen molar-refractivity contribution in [3.8, 4) is 0 Å². The zero-order valence-corrected chi connectivity index (χ0v) is 10.3. The summed E-state index contributed by atoms with van der Waals surface area (Å²) in [6.45, 7) is 1.65. The number of hydrazone groups is 1. The fourth-order valence-electron chi connectivity index (χ4n) is 1.88. The Morgan fingerprint density at radius 2 is 2.00 bits per heavy atom. The van der Waals surface area contributed by atoms with Gasteiger partial charge in [0.15, 0.2) is 5.54 Å². The lowest BCUT2D eigenvalue weighted by atomic mass is 9.98. The Morgan fingerprint density at radius 1 is 1.33 bits per heavy atom. The molecule has 0 radical (unpaired) electrons. The normalized spacial score (nSPS) is 22.0. The summed E-state index contributed by atoms with van der Waals surface area (Å²) in [5.74, 6) is -0.776. The Bertz CT molecular complexity index is 498. The highest BCUT2D eigenvalue weighted by molar-refractivity contribution is 6.00. The van der Waals surface area contributed by atoms with Gasteiger partial charge in [0.25, 0.3) is 5.91 Å². The first-order valence-corrected chi connectivity index (χ1v) is 5.60. The molecule has 0 spiro atoms. The van der Waals surface area contributed by atoms with Crippen LogP contribution in [0.15, 0.2) is 35.4 Å². The second kappa shape index (κ2) is 4.60. The van der Waals surface area contributed by atoms with E-state index in [2.05, 4.69) is 5.10 Å². The van der Waals surface area contributed by atoms with E-state index in [1.54, 1.807) is 37.4 Å². The predicted octanol–water partition coefficient (Wildman–Crippen LogP) is 1.45. The van der Waals surface area contributed by atoms with Crippen LogP contribution in [-0.4, -0.2) is 35.7 Å². The summed E-state index contributed by atoms with van der Waals surface area (Å²) in [5.41, 5.74) is -0.562. The van der Waals surface area contributed by atoms with Crippen molar-refractivity contribution in [2.45, 2.75) is 18.9 Å². The van der Waals surface area contributed by atoms with Crippen molar-refractivity contribution < 1.29 is 14.3 Å². The van der Waals surface area contributed by atoms with Crippen LogP contribution in [0.1, 0.15) is 23.7 Å². The van der Waals surface area contributed by atoms with E-state index in [0.717, 1.165) is 0 Å². The number of hydrogen-bond acceptors (Lipinski definition) is 4. The van der Waals surface area contributed by atoms with Gasteiger partial charge in [-0.05, 0) is 19.1 Å². The van der Waals surface area contributed by atoms with Crippen LogP contribution in [0, 0.1) is 0 Å². The average Bonchev–Trinajstić information content (AvgIpc) is 2.81. The molecule has 5 nitrogen and oxygen atoms in total. The Hall–Kier alpha value is -2.17. The summed E-state index contributed by atoms with van der Waals surface area (Å²) in [4.78, 5) is 24.1. The van der Waals surface area contributed by atoms with Crippen molar-refractivity contribution in [3.05, 3.63) is 35.9 Å². The summed E-state index contributed by atoms with van der Waals surface area (Å²) in [5, 5.41) is 5.18. The van der Waals surface area contributed by atoms with Crippen LogP contribution < -0.4 is 0 Å². The van der Waals surface area contributed by atoms with Crippen LogP contribution in [-0.2, 0) is 9.53 Å². The Labute approximate surface area is 105 Å². The van der Waals surface area contributed by atoms with Crippen LogP contribution in [0.25, 0.3) is 0 Å². The Balaban J connectivity index is 2.30. The van der Waals surface area contributed by atoms with Crippen molar-refractivity contribution in [3.63, 3.8) is 0 Å². The first kappa shape index (κ1) is 12.3. The molecule has 0 N–H and O–H groups in total. The Kier molecular flexibility index (Phi) is 3.14. The fourth-order valence-corrected chi connectivity index (χ4v) is 1.88. The highest BCUT2D eigenvalue weighted by Gasteiger charge is 2.46. The third-order valence-corrected chi connectivity index (χ3v) is 2.99. The van der Waals surface area contributed by atoms with Crippen LogP contribution in [0.4, 0.5) is 0 Å². The second-order valence-corrected chi connectivity index (χ2v) is 4.25. The largest absolute Gasteiger partial charge is 0.467 e. The molecule has 2 rings (SSSR count). The quantitative estimate of drug-likeness (QED) is 0.742. The fraction of sp³-hybridized carbons (Fsp3) is 0.308. The van der Waals surface area contributed by atoms with E-state index < -0.39 is 11.5 Å². The standard InChI is InChI=1S/C13H14N2O3/c1-13(12(17)18-2)8-9-14-15(13)11(16)10-6-4-3-5-7-10/h3-7,9H,8H2,1-2H3. The molecule has 1 aromatic carbocycles. The number of nitrogens with zero attached hydrogens (tertiary/aromatic N) is 2. The van der Waals surface area contributed by atoms with Crippen molar-refractivity contribution in [1.29, 1.82) is 0 Å². The van der Waals surface area contributed by atoms with Gasteiger partial charge in [-0.1, -0.05) is 18.2 Å². The van der Waals surface area contributed by atoms with Gasteiger partial charge in [-0.15, -0.1) is 0 Å². The molecule has 0 aliphatic carbocycles. The van der Waals surface area contributed by atoms with Crippen LogP contribution in [0.5, 0.6) is 0 Å². The third-order valence-electron chi connectivity index (χ3n) is 2.99. The second-order valence-electron chi connectivity index (χ2n) is 4.25. The molecule has 1 heterocycles. The lowest BCUT2D eigenvalue weighted by molar-refractivity contribution is -0.151. The predicted molar refractivity (Wildman–Crippen MR) is 66.1 cm³/mol. The summed E-state index contributed by atoms with van der Waals surface area (Å²) < 4.78 is 4.74. The van der Waals surface area contributed by atoms with E-state index in [0.29, 0.717) is 12.0 Å². The number of amides is 1. The van der Waals surface area contributed by atoms with E-state index in [1.165, 1.54) is 12.1 Å². The number of rotatable bonds is 2. The van der Waals surface area contributed by atoms with Gasteiger partial charge >= 0.3 is 5.97 Å². The van der Waals surface area contributed by atoms with Gasteiger partial charge < -0.3 is 4.74 Å². The van der Waals surface area contributed by atoms with Gasteiger partial charge in [-0.25, -0.2) is 9.80 Å². The van der Waals surface area contributed by atoms with E-state index >= 15 is 0 Å². The summed E-state index contributed by atoms with van der Waals surface area (Å²) in [7, 11) is 1.30. The number of carbonyl (C=O) groups excluding carboxylic acids is 2. The minimum Gasteiger partial charge on any atom is -0.467 e. The number of carbonyl (C=O) groups is 2. The monoisotopic (exact) mass is 246 g/mol. The number of methoxy groups -OCH3 is 1. The highest BCUT2D eigenvalue weighted by Crippen LogP contribution is 2.27. The Morgan fingerprint density at radius 3 is 2.61 bits per heavy atom. The molecule has 5 heteroatoms. The smallest absolute Gasteiger partial charge is 0.334 e. The maximum absolute atomic E-state index is 12.3. The molecule has 18 heavy (non-hydrogen) atoms. The number of benzene rings is 1. The van der Waals surface area contributed by atoms with Gasteiger partial charge in [-0.2, -0.15) is 5.10 Å². The van der Waals surface area contributed by atoms with Crippen LogP contribution in [0.3, 0.4) is 0 Å². The highest BCUT2D eigenvalue weighted by atomic mass is 16.5. The number of hydrogen-bond donors (Lipinski definition) is 0. The molecule has 0 aromatic heterocycles. The van der Waals surface area contributed by atoms with E-state index in [9.17, 15) is 9.59 Å². The third kappa shape index (κ3) is 1.88. The molecule has 1 amide bonds. The van der Waals surface area contributed by atoms with Crippen LogP contribution in [0.2, 0.25) is 0 Å². The van der Waals surface area contributed by atoms with E-state index in [4.69, 9.17) is 4.74 Å². The SMILES string of the molecule is COC(=O)C1(C)CC=NN1C(=O)c1ccccc1. The molecule has 0 fully saturated rings. The van der Waals surface area contributed by atoms with Crippen molar-refractivity contribution in [2.75, 3.05) is 7.11 Å². The maximum atomic E-state index is 12.3. The van der Waals surface area contributed by atoms with Gasteiger partial charge in [0.1, 0.15) is 0 Å². The van der Waals surface area contributed by atoms with E-state index in [1.807, 2.05) is 6.07 Å². The molecule has 0 saturated carbocycles. The van der Waals surface area contributed by atoms with Crippen LogP contribution >= 0.6 is 0 Å². The maximum Gasteiger partial charge on any atom is 0.334 e. The van der Waals surface area contributed by atoms with E-state index in [-0.39, 0.29) is 5.91 Å². The molecule has 1 atom stereocenters. The molecule has 1 aromatic rings. The molecule has 0 saturated heterocycles. The van der Waals surface area contributed by atoms with Crippen molar-refractivity contribution in [2.24, 2.45) is 5.10 Å². The first-order chi connectivity index (χ1) is 8.59. The minimum atomic E-state index is -1.05. The van der Waals surface area contributed by atoms with Crippen molar-refractivity contribution in [1.82, 2.24) is 5.01 Å². The summed E-state index contributed by atoms with van der Waals surface area (Å²) >= 11 is 0. The van der Waals surface area contributed by atoms with Gasteiger partial charge in [0.2, 0.25) is 0 Å².